The summed E-state index contributed by atoms with van der Waals surface area (Å²) in [4.78, 5) is 0. The van der Waals surface area contributed by atoms with Crippen molar-refractivity contribution in [1.82, 2.24) is 0 Å². The third-order valence-corrected chi connectivity index (χ3v) is 2.87. The molecule has 0 aliphatic rings. The van der Waals surface area contributed by atoms with E-state index in [1.807, 2.05) is 54.6 Å². The molecule has 0 aliphatic heterocycles. The SMILES string of the molecule is COc1ccc(C=Cc2ccc(OC)cc2N)cc1. The summed E-state index contributed by atoms with van der Waals surface area (Å²) in [5.41, 5.74) is 8.72. The first-order chi connectivity index (χ1) is 9.22. The Kier molecular flexibility index (Phi) is 4.08. The van der Waals surface area contributed by atoms with Crippen LogP contribution >= 0.6 is 0 Å². The van der Waals surface area contributed by atoms with E-state index in [0.29, 0.717) is 5.69 Å². The molecule has 2 N–H and O–H groups in total. The number of methoxy groups -OCH3 is 2. The minimum absolute atomic E-state index is 0.698. The van der Waals surface area contributed by atoms with E-state index >= 15 is 0 Å². The quantitative estimate of drug-likeness (QED) is 0.672. The molecule has 0 bridgehead atoms. The Morgan fingerprint density at radius 2 is 1.47 bits per heavy atom. The van der Waals surface area contributed by atoms with Crippen LogP contribution in [0.2, 0.25) is 0 Å². The number of hydrogen-bond donors (Lipinski definition) is 1. The molecule has 0 spiro atoms. The van der Waals surface area contributed by atoms with E-state index in [-0.39, 0.29) is 0 Å². The number of ether oxygens (including phenoxy) is 2. The number of rotatable bonds is 4. The van der Waals surface area contributed by atoms with E-state index in [4.69, 9.17) is 15.2 Å². The Labute approximate surface area is 113 Å². The van der Waals surface area contributed by atoms with Gasteiger partial charge in [-0.15, -0.1) is 0 Å². The molecular weight excluding hydrogens is 238 g/mol. The zero-order valence-corrected chi connectivity index (χ0v) is 11.1. The van der Waals surface area contributed by atoms with Crippen LogP contribution in [0.25, 0.3) is 12.2 Å². The monoisotopic (exact) mass is 255 g/mol. The van der Waals surface area contributed by atoms with Crippen molar-refractivity contribution in [2.75, 3.05) is 20.0 Å². The second kappa shape index (κ2) is 5.96. The van der Waals surface area contributed by atoms with Gasteiger partial charge in [0.2, 0.25) is 0 Å². The van der Waals surface area contributed by atoms with Gasteiger partial charge < -0.3 is 15.2 Å². The first kappa shape index (κ1) is 13.0. The second-order valence-electron chi connectivity index (χ2n) is 4.10. The number of nitrogen functional groups attached to an aromatic ring is 1. The molecule has 0 fully saturated rings. The lowest BCUT2D eigenvalue weighted by Gasteiger charge is -2.04. The summed E-state index contributed by atoms with van der Waals surface area (Å²) >= 11 is 0. The van der Waals surface area contributed by atoms with Crippen LogP contribution in [0.5, 0.6) is 11.5 Å². The van der Waals surface area contributed by atoms with Crippen LogP contribution in [-0.2, 0) is 0 Å². The minimum atomic E-state index is 0.698. The van der Waals surface area contributed by atoms with Crippen molar-refractivity contribution >= 4 is 17.8 Å². The van der Waals surface area contributed by atoms with Crippen molar-refractivity contribution < 1.29 is 9.47 Å². The molecule has 0 amide bonds. The molecule has 0 aromatic heterocycles. The summed E-state index contributed by atoms with van der Waals surface area (Å²) in [7, 11) is 3.28. The Morgan fingerprint density at radius 1 is 0.842 bits per heavy atom. The van der Waals surface area contributed by atoms with Crippen LogP contribution in [0.4, 0.5) is 5.69 Å². The highest BCUT2D eigenvalue weighted by atomic mass is 16.5. The van der Waals surface area contributed by atoms with Crippen molar-refractivity contribution in [3.05, 3.63) is 53.6 Å². The summed E-state index contributed by atoms with van der Waals surface area (Å²) in [6, 6.07) is 13.5. The molecule has 3 nitrogen and oxygen atoms in total. The van der Waals surface area contributed by atoms with E-state index in [1.165, 1.54) is 0 Å². The molecule has 0 atom stereocenters. The topological polar surface area (TPSA) is 44.5 Å². The van der Waals surface area contributed by atoms with E-state index in [1.54, 1.807) is 14.2 Å². The van der Waals surface area contributed by atoms with Gasteiger partial charge in [0.1, 0.15) is 11.5 Å². The van der Waals surface area contributed by atoms with Crippen molar-refractivity contribution in [2.24, 2.45) is 0 Å². The van der Waals surface area contributed by atoms with Gasteiger partial charge in [-0.25, -0.2) is 0 Å². The van der Waals surface area contributed by atoms with Crippen molar-refractivity contribution in [3.63, 3.8) is 0 Å². The van der Waals surface area contributed by atoms with Gasteiger partial charge in [-0.05, 0) is 35.4 Å². The highest BCUT2D eigenvalue weighted by Gasteiger charge is 1.98. The van der Waals surface area contributed by atoms with E-state index < -0.39 is 0 Å². The molecule has 2 aromatic carbocycles. The van der Waals surface area contributed by atoms with Crippen LogP contribution in [0, 0.1) is 0 Å². The molecule has 0 heterocycles. The minimum Gasteiger partial charge on any atom is -0.497 e. The molecule has 2 aromatic rings. The Balaban J connectivity index is 2.17. The first-order valence-electron chi connectivity index (χ1n) is 5.98. The number of hydrogen-bond acceptors (Lipinski definition) is 3. The molecule has 98 valence electrons. The van der Waals surface area contributed by atoms with Crippen LogP contribution in [0.3, 0.4) is 0 Å². The van der Waals surface area contributed by atoms with Gasteiger partial charge >= 0.3 is 0 Å². The largest absolute Gasteiger partial charge is 0.497 e. The van der Waals surface area contributed by atoms with E-state index in [2.05, 4.69) is 0 Å². The lowest BCUT2D eigenvalue weighted by Crippen LogP contribution is -1.91. The molecule has 0 aliphatic carbocycles. The maximum absolute atomic E-state index is 5.96. The molecule has 19 heavy (non-hydrogen) atoms. The van der Waals surface area contributed by atoms with Crippen molar-refractivity contribution in [3.8, 4) is 11.5 Å². The van der Waals surface area contributed by atoms with Crippen molar-refractivity contribution in [2.45, 2.75) is 0 Å². The van der Waals surface area contributed by atoms with Gasteiger partial charge in [0, 0.05) is 11.8 Å². The fourth-order valence-electron chi connectivity index (χ4n) is 1.73. The second-order valence-corrected chi connectivity index (χ2v) is 4.10. The number of nitrogens with two attached hydrogens (primary N) is 1. The highest BCUT2D eigenvalue weighted by molar-refractivity contribution is 5.76. The van der Waals surface area contributed by atoms with Crippen molar-refractivity contribution in [1.29, 1.82) is 0 Å². The molecular formula is C16H17NO2. The van der Waals surface area contributed by atoms with Gasteiger partial charge in [0.15, 0.2) is 0 Å². The van der Waals surface area contributed by atoms with Gasteiger partial charge in [-0.3, -0.25) is 0 Å². The first-order valence-corrected chi connectivity index (χ1v) is 5.98. The van der Waals surface area contributed by atoms with Gasteiger partial charge in [-0.2, -0.15) is 0 Å². The van der Waals surface area contributed by atoms with Gasteiger partial charge in [0.25, 0.3) is 0 Å². The molecule has 2 rings (SSSR count). The third kappa shape index (κ3) is 3.28. The third-order valence-electron chi connectivity index (χ3n) is 2.87. The van der Waals surface area contributed by atoms with Gasteiger partial charge in [-0.1, -0.05) is 24.3 Å². The highest BCUT2D eigenvalue weighted by Crippen LogP contribution is 2.22. The lowest BCUT2D eigenvalue weighted by molar-refractivity contribution is 0.414. The summed E-state index contributed by atoms with van der Waals surface area (Å²) in [5.74, 6) is 1.61. The zero-order valence-electron chi connectivity index (χ0n) is 11.1. The van der Waals surface area contributed by atoms with Crippen LogP contribution in [-0.4, -0.2) is 14.2 Å². The summed E-state index contributed by atoms with van der Waals surface area (Å²) < 4.78 is 10.2. The lowest BCUT2D eigenvalue weighted by atomic mass is 10.1. The Bertz CT molecular complexity index is 574. The summed E-state index contributed by atoms with van der Waals surface area (Å²) in [5, 5.41) is 0. The summed E-state index contributed by atoms with van der Waals surface area (Å²) in [6.45, 7) is 0. The van der Waals surface area contributed by atoms with Gasteiger partial charge in [0.05, 0.1) is 14.2 Å². The fraction of sp³-hybridized carbons (Fsp3) is 0.125. The van der Waals surface area contributed by atoms with E-state index in [0.717, 1.165) is 22.6 Å². The fourth-order valence-corrected chi connectivity index (χ4v) is 1.73. The Hall–Kier alpha value is -2.42. The maximum atomic E-state index is 5.96. The molecule has 0 radical (unpaired) electrons. The van der Waals surface area contributed by atoms with E-state index in [9.17, 15) is 0 Å². The molecule has 0 unspecified atom stereocenters. The number of benzene rings is 2. The average molecular weight is 255 g/mol. The smallest absolute Gasteiger partial charge is 0.120 e. The zero-order chi connectivity index (χ0) is 13.7. The maximum Gasteiger partial charge on any atom is 0.120 e. The Morgan fingerprint density at radius 3 is 2.05 bits per heavy atom. The summed E-state index contributed by atoms with van der Waals surface area (Å²) in [6.07, 6.45) is 3.99. The van der Waals surface area contributed by atoms with Crippen LogP contribution in [0.15, 0.2) is 42.5 Å². The predicted octanol–water partition coefficient (Wildman–Crippen LogP) is 3.46. The molecule has 3 heteroatoms. The molecule has 0 saturated heterocycles. The van der Waals surface area contributed by atoms with Crippen LogP contribution < -0.4 is 15.2 Å². The molecule has 0 saturated carbocycles. The average Bonchev–Trinajstić information content (AvgIpc) is 2.46. The number of anilines is 1. The predicted molar refractivity (Wildman–Crippen MR) is 79.3 cm³/mol. The van der Waals surface area contributed by atoms with Crippen LogP contribution in [0.1, 0.15) is 11.1 Å². The normalized spacial score (nSPS) is 10.6. The standard InChI is InChI=1S/C16H17NO2/c1-18-14-8-4-12(5-9-14)3-6-13-7-10-15(19-2)11-16(13)17/h3-11H,17H2,1-2H3.